The van der Waals surface area contributed by atoms with E-state index in [0.29, 0.717) is 19.5 Å². The van der Waals surface area contributed by atoms with Crippen molar-refractivity contribution in [1.29, 1.82) is 0 Å². The zero-order chi connectivity index (χ0) is 13.9. The van der Waals surface area contributed by atoms with Crippen LogP contribution in [0.3, 0.4) is 0 Å². The highest BCUT2D eigenvalue weighted by Crippen LogP contribution is 2.25. The number of likely N-dealkylation sites (tertiary alicyclic amines) is 1. The maximum Gasteiger partial charge on any atom is 0.224 e. The van der Waals surface area contributed by atoms with Gasteiger partial charge in [-0.15, -0.1) is 23.7 Å². The summed E-state index contributed by atoms with van der Waals surface area (Å²) in [5, 5.41) is 2.08. The molecule has 1 aromatic carbocycles. The fourth-order valence-corrected chi connectivity index (χ4v) is 3.21. The third-order valence-corrected chi connectivity index (χ3v) is 4.50. The molecule has 1 saturated heterocycles. The molecular weight excluding hydrogens is 266 g/mol. The first-order valence-electron chi connectivity index (χ1n) is 6.63. The molecule has 1 fully saturated rings. The van der Waals surface area contributed by atoms with Gasteiger partial charge in [-0.2, -0.15) is 0 Å². The highest BCUT2D eigenvalue weighted by Gasteiger charge is 2.27. The lowest BCUT2D eigenvalue weighted by Crippen LogP contribution is -2.24. The normalized spacial score (nSPS) is 18.2. The molecule has 3 heteroatoms. The van der Waals surface area contributed by atoms with Crippen molar-refractivity contribution in [2.24, 2.45) is 5.92 Å². The summed E-state index contributed by atoms with van der Waals surface area (Å²) in [5.41, 5.74) is 2.37. The molecule has 2 heterocycles. The van der Waals surface area contributed by atoms with Gasteiger partial charge in [0.05, 0.1) is 0 Å². The van der Waals surface area contributed by atoms with E-state index in [1.807, 2.05) is 4.90 Å². The monoisotopic (exact) mass is 281 g/mol. The van der Waals surface area contributed by atoms with Crippen LogP contribution in [0.5, 0.6) is 0 Å². The van der Waals surface area contributed by atoms with Crippen LogP contribution in [-0.4, -0.2) is 17.4 Å². The lowest BCUT2D eigenvalue weighted by Gasteiger charge is -2.16. The van der Waals surface area contributed by atoms with Gasteiger partial charge < -0.3 is 4.90 Å². The van der Waals surface area contributed by atoms with E-state index in [9.17, 15) is 4.79 Å². The number of carbonyl (C=O) groups excluding carboxylic acids is 1. The lowest BCUT2D eigenvalue weighted by atomic mass is 10.1. The standard InChI is InChI=1S/C17H15NOS/c1-2-13-10-17(19)18(11-13)12-14-5-7-15(8-6-14)16-4-3-9-20-16/h1,3-9,13H,10-12H2. The summed E-state index contributed by atoms with van der Waals surface area (Å²) in [7, 11) is 0. The summed E-state index contributed by atoms with van der Waals surface area (Å²) in [6.45, 7) is 1.34. The van der Waals surface area contributed by atoms with Crippen LogP contribution in [0.4, 0.5) is 0 Å². The fourth-order valence-electron chi connectivity index (χ4n) is 2.47. The summed E-state index contributed by atoms with van der Waals surface area (Å²) in [6.07, 6.45) is 5.89. The molecule has 1 aliphatic rings. The molecule has 0 bridgehead atoms. The maximum atomic E-state index is 11.8. The van der Waals surface area contributed by atoms with Gasteiger partial charge in [0.2, 0.25) is 5.91 Å². The Hall–Kier alpha value is -2.05. The molecular formula is C17H15NOS. The first-order valence-corrected chi connectivity index (χ1v) is 7.51. The summed E-state index contributed by atoms with van der Waals surface area (Å²) in [4.78, 5) is 15.0. The van der Waals surface area contributed by atoms with Gasteiger partial charge in [0.1, 0.15) is 0 Å². The van der Waals surface area contributed by atoms with E-state index in [1.54, 1.807) is 11.3 Å². The van der Waals surface area contributed by atoms with Crippen molar-refractivity contribution in [3.05, 3.63) is 47.3 Å². The Balaban J connectivity index is 1.70. The molecule has 2 aromatic rings. The molecule has 3 rings (SSSR count). The number of nitrogens with zero attached hydrogens (tertiary/aromatic N) is 1. The van der Waals surface area contributed by atoms with Gasteiger partial charge in [0, 0.05) is 30.3 Å². The second-order valence-corrected chi connectivity index (χ2v) is 5.96. The van der Waals surface area contributed by atoms with E-state index in [2.05, 4.69) is 47.7 Å². The average molecular weight is 281 g/mol. The predicted octanol–water partition coefficient (Wildman–Crippen LogP) is 3.40. The van der Waals surface area contributed by atoms with Crippen LogP contribution in [0, 0.1) is 18.3 Å². The maximum absolute atomic E-state index is 11.8. The first-order chi connectivity index (χ1) is 9.76. The molecule has 0 N–H and O–H groups in total. The summed E-state index contributed by atoms with van der Waals surface area (Å²) >= 11 is 1.73. The topological polar surface area (TPSA) is 20.3 Å². The number of hydrogen-bond acceptors (Lipinski definition) is 2. The first kappa shape index (κ1) is 13.0. The number of benzene rings is 1. The zero-order valence-corrected chi connectivity index (χ0v) is 11.9. The molecule has 100 valence electrons. The summed E-state index contributed by atoms with van der Waals surface area (Å²) in [6, 6.07) is 12.6. The largest absolute Gasteiger partial charge is 0.337 e. The van der Waals surface area contributed by atoms with Gasteiger partial charge in [-0.25, -0.2) is 0 Å². The molecule has 1 atom stereocenters. The average Bonchev–Trinajstić information content (AvgIpc) is 3.10. The van der Waals surface area contributed by atoms with Gasteiger partial charge in [0.15, 0.2) is 0 Å². The van der Waals surface area contributed by atoms with E-state index < -0.39 is 0 Å². The molecule has 0 spiro atoms. The highest BCUT2D eigenvalue weighted by molar-refractivity contribution is 7.13. The van der Waals surface area contributed by atoms with Crippen LogP contribution in [0.2, 0.25) is 0 Å². The molecule has 1 aliphatic heterocycles. The van der Waals surface area contributed by atoms with Crippen molar-refractivity contribution in [3.8, 4) is 22.8 Å². The van der Waals surface area contributed by atoms with Crippen molar-refractivity contribution < 1.29 is 4.79 Å². The molecule has 1 aromatic heterocycles. The second kappa shape index (κ2) is 5.52. The minimum Gasteiger partial charge on any atom is -0.337 e. The van der Waals surface area contributed by atoms with Crippen LogP contribution < -0.4 is 0 Å². The van der Waals surface area contributed by atoms with Crippen LogP contribution in [-0.2, 0) is 11.3 Å². The van der Waals surface area contributed by atoms with Crippen LogP contribution >= 0.6 is 11.3 Å². The van der Waals surface area contributed by atoms with Crippen LogP contribution in [0.15, 0.2) is 41.8 Å². The molecule has 0 aliphatic carbocycles. The summed E-state index contributed by atoms with van der Waals surface area (Å²) < 4.78 is 0. The number of terminal acetylenes is 1. The number of hydrogen-bond donors (Lipinski definition) is 0. The van der Waals surface area contributed by atoms with E-state index >= 15 is 0 Å². The van der Waals surface area contributed by atoms with Crippen molar-refractivity contribution >= 4 is 17.2 Å². The predicted molar refractivity (Wildman–Crippen MR) is 82.1 cm³/mol. The number of rotatable bonds is 3. The Morgan fingerprint density at radius 2 is 2.10 bits per heavy atom. The van der Waals surface area contributed by atoms with Crippen molar-refractivity contribution in [1.82, 2.24) is 4.90 Å². The Kier molecular flexibility index (Phi) is 3.58. The fraction of sp³-hybridized carbons (Fsp3) is 0.235. The minimum atomic E-state index is 0.0768. The smallest absolute Gasteiger partial charge is 0.224 e. The van der Waals surface area contributed by atoms with Crippen molar-refractivity contribution in [2.45, 2.75) is 13.0 Å². The Morgan fingerprint density at radius 3 is 2.70 bits per heavy atom. The van der Waals surface area contributed by atoms with Crippen LogP contribution in [0.1, 0.15) is 12.0 Å². The van der Waals surface area contributed by atoms with Crippen LogP contribution in [0.25, 0.3) is 10.4 Å². The van der Waals surface area contributed by atoms with E-state index in [0.717, 1.165) is 5.56 Å². The summed E-state index contributed by atoms with van der Waals surface area (Å²) in [5.74, 6) is 2.92. The third kappa shape index (κ3) is 2.61. The third-order valence-electron chi connectivity index (χ3n) is 3.58. The molecule has 0 saturated carbocycles. The van der Waals surface area contributed by atoms with Gasteiger partial charge in [-0.05, 0) is 22.6 Å². The van der Waals surface area contributed by atoms with E-state index in [-0.39, 0.29) is 11.8 Å². The van der Waals surface area contributed by atoms with E-state index in [4.69, 9.17) is 6.42 Å². The highest BCUT2D eigenvalue weighted by atomic mass is 32.1. The Bertz CT molecular complexity index is 637. The van der Waals surface area contributed by atoms with Gasteiger partial charge in [-0.3, -0.25) is 4.79 Å². The Labute approximate surface area is 123 Å². The molecule has 1 unspecified atom stereocenters. The SMILES string of the molecule is C#CC1CC(=O)N(Cc2ccc(-c3cccs3)cc2)C1. The van der Waals surface area contributed by atoms with Gasteiger partial charge >= 0.3 is 0 Å². The van der Waals surface area contributed by atoms with E-state index in [1.165, 1.54) is 10.4 Å². The quantitative estimate of drug-likeness (QED) is 0.790. The molecule has 2 nitrogen and oxygen atoms in total. The number of carbonyl (C=O) groups is 1. The van der Waals surface area contributed by atoms with Crippen molar-refractivity contribution in [3.63, 3.8) is 0 Å². The number of amides is 1. The number of thiophene rings is 1. The van der Waals surface area contributed by atoms with Gasteiger partial charge in [0.25, 0.3) is 0 Å². The zero-order valence-electron chi connectivity index (χ0n) is 11.1. The van der Waals surface area contributed by atoms with Gasteiger partial charge in [-0.1, -0.05) is 30.3 Å². The van der Waals surface area contributed by atoms with Crippen molar-refractivity contribution in [2.75, 3.05) is 6.54 Å². The molecule has 1 amide bonds. The Morgan fingerprint density at radius 1 is 1.30 bits per heavy atom. The molecule has 0 radical (unpaired) electrons. The lowest BCUT2D eigenvalue weighted by molar-refractivity contribution is -0.128. The second-order valence-electron chi connectivity index (χ2n) is 5.02. The molecule has 20 heavy (non-hydrogen) atoms. The minimum absolute atomic E-state index is 0.0768.